The van der Waals surface area contributed by atoms with Crippen molar-refractivity contribution in [2.24, 2.45) is 0 Å². The van der Waals surface area contributed by atoms with Crippen LogP contribution in [0.4, 0.5) is 8.78 Å². The van der Waals surface area contributed by atoms with Gasteiger partial charge in [-0.2, -0.15) is 0 Å². The van der Waals surface area contributed by atoms with Gasteiger partial charge in [-0.15, -0.1) is 0 Å². The van der Waals surface area contributed by atoms with E-state index in [2.05, 4.69) is 26.6 Å². The van der Waals surface area contributed by atoms with E-state index in [-0.39, 0.29) is 24.9 Å². The summed E-state index contributed by atoms with van der Waals surface area (Å²) in [5, 5.41) is 4.83. The smallest absolute Gasteiger partial charge is 0.261 e. The molecule has 3 rings (SSSR count). The zero-order valence-electron chi connectivity index (χ0n) is 16.4. The molecule has 0 spiro atoms. The van der Waals surface area contributed by atoms with Gasteiger partial charge in [0.15, 0.2) is 11.6 Å². The molecule has 7 nitrogen and oxygen atoms in total. The highest BCUT2D eigenvalue weighted by Gasteiger charge is 2.35. The molecule has 0 saturated carbocycles. The van der Waals surface area contributed by atoms with E-state index in [9.17, 15) is 28.0 Å². The van der Waals surface area contributed by atoms with Crippen molar-refractivity contribution in [2.45, 2.75) is 18.9 Å². The van der Waals surface area contributed by atoms with Gasteiger partial charge in [-0.05, 0) is 42.3 Å². The number of fused-ring (bicyclic) bond motifs is 1. The van der Waals surface area contributed by atoms with Crippen LogP contribution in [0.2, 0.25) is 0 Å². The Labute approximate surface area is 184 Å². The Morgan fingerprint density at radius 3 is 2.42 bits per heavy atom. The normalized spacial score (nSPS) is 13.7. The Hall–Kier alpha value is -3.14. The van der Waals surface area contributed by atoms with E-state index < -0.39 is 41.3 Å². The van der Waals surface area contributed by atoms with Gasteiger partial charge in [0, 0.05) is 24.5 Å². The lowest BCUT2D eigenvalue weighted by Crippen LogP contribution is -2.39. The minimum absolute atomic E-state index is 0.0210. The number of imide groups is 1. The van der Waals surface area contributed by atoms with Crippen molar-refractivity contribution in [1.82, 2.24) is 15.5 Å². The quantitative estimate of drug-likeness (QED) is 0.579. The van der Waals surface area contributed by atoms with Gasteiger partial charge in [0.05, 0.1) is 11.1 Å². The number of rotatable bonds is 7. The number of halogens is 3. The van der Waals surface area contributed by atoms with E-state index in [0.717, 1.165) is 17.0 Å². The van der Waals surface area contributed by atoms with Crippen LogP contribution in [0.15, 0.2) is 40.9 Å². The monoisotopic (exact) mass is 493 g/mol. The zero-order valence-corrected chi connectivity index (χ0v) is 18.0. The standard InChI is InChI=1S/C21H18BrF2N3O4/c1-25-19(29)18(11-4-7-15(23)16(24)9-11)26-17(28)3-2-8-27-20(30)13-6-5-12(22)10-14(13)21(27)31/h4-7,9-10,18H,2-3,8H2,1H3,(H,25,29)(H,26,28). The maximum absolute atomic E-state index is 13.5. The number of nitrogens with zero attached hydrogens (tertiary/aromatic N) is 1. The Bertz CT molecular complexity index is 1080. The second kappa shape index (κ2) is 9.34. The van der Waals surface area contributed by atoms with E-state index in [1.54, 1.807) is 18.2 Å². The van der Waals surface area contributed by atoms with E-state index >= 15 is 0 Å². The third-order valence-electron chi connectivity index (χ3n) is 4.81. The SMILES string of the molecule is CNC(=O)C(NC(=O)CCCN1C(=O)c2ccc(Br)cc2C1=O)c1ccc(F)c(F)c1. The molecule has 0 bridgehead atoms. The number of nitrogens with one attached hydrogen (secondary N) is 2. The molecular formula is C21H18BrF2N3O4. The van der Waals surface area contributed by atoms with Gasteiger partial charge < -0.3 is 10.6 Å². The van der Waals surface area contributed by atoms with Gasteiger partial charge in [-0.25, -0.2) is 8.78 Å². The van der Waals surface area contributed by atoms with E-state index in [4.69, 9.17) is 0 Å². The van der Waals surface area contributed by atoms with Crippen LogP contribution in [-0.2, 0) is 9.59 Å². The number of hydrogen-bond donors (Lipinski definition) is 2. The summed E-state index contributed by atoms with van der Waals surface area (Å²) in [5.41, 5.74) is 0.676. The largest absolute Gasteiger partial charge is 0.357 e. The van der Waals surface area contributed by atoms with Crippen molar-refractivity contribution >= 4 is 39.6 Å². The molecule has 1 unspecified atom stereocenters. The maximum Gasteiger partial charge on any atom is 0.261 e. The molecule has 162 valence electrons. The fraction of sp³-hybridized carbons (Fsp3) is 0.238. The molecule has 10 heteroatoms. The summed E-state index contributed by atoms with van der Waals surface area (Å²) in [4.78, 5) is 50.4. The average molecular weight is 494 g/mol. The van der Waals surface area contributed by atoms with Crippen LogP contribution in [0.5, 0.6) is 0 Å². The third kappa shape index (κ3) is 4.79. The first kappa shape index (κ1) is 22.5. The van der Waals surface area contributed by atoms with Gasteiger partial charge in [0.2, 0.25) is 11.8 Å². The highest BCUT2D eigenvalue weighted by atomic mass is 79.9. The molecule has 0 aliphatic carbocycles. The van der Waals surface area contributed by atoms with E-state index in [1.165, 1.54) is 13.1 Å². The summed E-state index contributed by atoms with van der Waals surface area (Å²) in [7, 11) is 1.35. The lowest BCUT2D eigenvalue weighted by molar-refractivity contribution is -0.129. The van der Waals surface area contributed by atoms with Crippen molar-refractivity contribution in [2.75, 3.05) is 13.6 Å². The van der Waals surface area contributed by atoms with Crippen LogP contribution < -0.4 is 10.6 Å². The topological polar surface area (TPSA) is 95.6 Å². The summed E-state index contributed by atoms with van der Waals surface area (Å²) >= 11 is 3.26. The number of carbonyl (C=O) groups excluding carboxylic acids is 4. The zero-order chi connectivity index (χ0) is 22.7. The lowest BCUT2D eigenvalue weighted by Gasteiger charge is -2.18. The Balaban J connectivity index is 1.61. The van der Waals surface area contributed by atoms with Crippen LogP contribution in [0.25, 0.3) is 0 Å². The molecule has 2 aromatic rings. The molecule has 2 aromatic carbocycles. The molecule has 1 aliphatic rings. The number of benzene rings is 2. The van der Waals surface area contributed by atoms with Crippen LogP contribution in [0, 0.1) is 11.6 Å². The molecule has 0 radical (unpaired) electrons. The molecule has 0 fully saturated rings. The number of likely N-dealkylation sites (N-methyl/N-ethyl adjacent to an activating group) is 1. The Morgan fingerprint density at radius 2 is 1.74 bits per heavy atom. The predicted molar refractivity (Wildman–Crippen MR) is 110 cm³/mol. The van der Waals surface area contributed by atoms with Crippen molar-refractivity contribution in [3.8, 4) is 0 Å². The number of carbonyl (C=O) groups is 4. The van der Waals surface area contributed by atoms with Crippen molar-refractivity contribution in [3.05, 3.63) is 69.2 Å². The Morgan fingerprint density at radius 1 is 1.03 bits per heavy atom. The third-order valence-corrected chi connectivity index (χ3v) is 5.30. The number of amides is 4. The molecular weight excluding hydrogens is 476 g/mol. The molecule has 4 amide bonds. The van der Waals surface area contributed by atoms with Crippen LogP contribution in [-0.4, -0.2) is 42.1 Å². The fourth-order valence-corrected chi connectivity index (χ4v) is 3.59. The van der Waals surface area contributed by atoms with E-state index in [1.807, 2.05) is 0 Å². The van der Waals surface area contributed by atoms with Gasteiger partial charge in [-0.1, -0.05) is 22.0 Å². The van der Waals surface area contributed by atoms with Crippen LogP contribution in [0.3, 0.4) is 0 Å². The van der Waals surface area contributed by atoms with Gasteiger partial charge in [0.1, 0.15) is 6.04 Å². The van der Waals surface area contributed by atoms with Gasteiger partial charge in [-0.3, -0.25) is 24.1 Å². The molecule has 1 heterocycles. The van der Waals surface area contributed by atoms with E-state index in [0.29, 0.717) is 15.6 Å². The minimum Gasteiger partial charge on any atom is -0.357 e. The maximum atomic E-state index is 13.5. The second-order valence-electron chi connectivity index (χ2n) is 6.84. The van der Waals surface area contributed by atoms with Crippen molar-refractivity contribution in [3.63, 3.8) is 0 Å². The fourth-order valence-electron chi connectivity index (χ4n) is 3.23. The lowest BCUT2D eigenvalue weighted by atomic mass is 10.1. The summed E-state index contributed by atoms with van der Waals surface area (Å²) in [6, 6.07) is 6.48. The molecule has 0 saturated heterocycles. The minimum atomic E-state index is -1.22. The molecule has 1 aliphatic heterocycles. The molecule has 31 heavy (non-hydrogen) atoms. The highest BCUT2D eigenvalue weighted by Crippen LogP contribution is 2.26. The van der Waals surface area contributed by atoms with Crippen molar-refractivity contribution in [1.29, 1.82) is 0 Å². The molecule has 2 N–H and O–H groups in total. The Kier molecular flexibility index (Phi) is 6.79. The van der Waals surface area contributed by atoms with Crippen LogP contribution >= 0.6 is 15.9 Å². The average Bonchev–Trinajstić information content (AvgIpc) is 2.97. The second-order valence-corrected chi connectivity index (χ2v) is 7.76. The highest BCUT2D eigenvalue weighted by molar-refractivity contribution is 9.10. The molecule has 0 aromatic heterocycles. The summed E-state index contributed by atoms with van der Waals surface area (Å²) < 4.78 is 27.4. The predicted octanol–water partition coefficient (Wildman–Crippen LogP) is 2.71. The van der Waals surface area contributed by atoms with Gasteiger partial charge >= 0.3 is 0 Å². The van der Waals surface area contributed by atoms with Crippen molar-refractivity contribution < 1.29 is 28.0 Å². The molecule has 1 atom stereocenters. The first-order valence-electron chi connectivity index (χ1n) is 9.34. The first-order valence-corrected chi connectivity index (χ1v) is 10.1. The van der Waals surface area contributed by atoms with Gasteiger partial charge in [0.25, 0.3) is 11.8 Å². The first-order chi connectivity index (χ1) is 14.7. The summed E-state index contributed by atoms with van der Waals surface area (Å²) in [5.74, 6) is -4.23. The summed E-state index contributed by atoms with van der Waals surface area (Å²) in [6.45, 7) is 0.0210. The number of hydrogen-bond acceptors (Lipinski definition) is 4. The van der Waals surface area contributed by atoms with Crippen LogP contribution in [0.1, 0.15) is 45.2 Å². The summed E-state index contributed by atoms with van der Waals surface area (Å²) in [6.07, 6.45) is 0.0744.